The van der Waals surface area contributed by atoms with E-state index in [1.54, 1.807) is 6.33 Å². The van der Waals surface area contributed by atoms with Crippen molar-refractivity contribution in [3.05, 3.63) is 47.5 Å². The Morgan fingerprint density at radius 3 is 2.91 bits per heavy atom. The van der Waals surface area contributed by atoms with Crippen LogP contribution in [0, 0.1) is 12.8 Å². The number of amides is 1. The molecule has 4 rings (SSSR count). The number of carbonyl (C=O) groups is 1. The van der Waals surface area contributed by atoms with Crippen LogP contribution >= 0.6 is 0 Å². The fraction of sp³-hybridized carbons (Fsp3) is 0.444. The van der Waals surface area contributed by atoms with E-state index in [2.05, 4.69) is 40.0 Å². The van der Waals surface area contributed by atoms with Gasteiger partial charge >= 0.3 is 0 Å². The van der Waals surface area contributed by atoms with E-state index in [0.717, 1.165) is 36.3 Å². The van der Waals surface area contributed by atoms with E-state index >= 15 is 0 Å². The number of hydrogen-bond acceptors (Lipinski definition) is 2. The van der Waals surface area contributed by atoms with Crippen LogP contribution in [-0.2, 0) is 11.2 Å². The SMILES string of the molecule is Cc1[nH]cnc1CC1CCC2C(C)c3ccccc3N2C1=O. The molecule has 1 amide bonds. The van der Waals surface area contributed by atoms with Gasteiger partial charge in [0, 0.05) is 35.7 Å². The van der Waals surface area contributed by atoms with Gasteiger partial charge in [0.2, 0.25) is 5.91 Å². The summed E-state index contributed by atoms with van der Waals surface area (Å²) in [5.74, 6) is 0.764. The van der Waals surface area contributed by atoms with Gasteiger partial charge in [0.15, 0.2) is 0 Å². The molecule has 2 aliphatic heterocycles. The summed E-state index contributed by atoms with van der Waals surface area (Å²) in [7, 11) is 0. The van der Waals surface area contributed by atoms with Gasteiger partial charge in [-0.1, -0.05) is 25.1 Å². The first kappa shape index (κ1) is 13.6. The van der Waals surface area contributed by atoms with Crippen LogP contribution in [0.5, 0.6) is 0 Å². The minimum atomic E-state index is 0.0524. The number of aryl methyl sites for hydroxylation is 1. The first-order valence-electron chi connectivity index (χ1n) is 8.07. The molecular formula is C18H21N3O. The highest BCUT2D eigenvalue weighted by Crippen LogP contribution is 2.46. The van der Waals surface area contributed by atoms with Crippen LogP contribution in [0.2, 0.25) is 0 Å². The first-order chi connectivity index (χ1) is 10.7. The molecule has 1 N–H and O–H groups in total. The van der Waals surface area contributed by atoms with E-state index in [1.165, 1.54) is 5.56 Å². The number of piperidine rings is 1. The van der Waals surface area contributed by atoms with Gasteiger partial charge < -0.3 is 9.88 Å². The molecule has 2 aliphatic rings. The predicted molar refractivity (Wildman–Crippen MR) is 85.9 cm³/mol. The van der Waals surface area contributed by atoms with Crippen LogP contribution in [0.1, 0.15) is 42.6 Å². The lowest BCUT2D eigenvalue weighted by molar-refractivity contribution is -0.124. The Kier molecular flexibility index (Phi) is 3.06. The average molecular weight is 295 g/mol. The van der Waals surface area contributed by atoms with Crippen molar-refractivity contribution in [2.75, 3.05) is 4.90 Å². The van der Waals surface area contributed by atoms with Crippen LogP contribution in [0.25, 0.3) is 0 Å². The Bertz CT molecular complexity index is 721. The maximum atomic E-state index is 13.0. The Morgan fingerprint density at radius 1 is 1.32 bits per heavy atom. The molecule has 1 fully saturated rings. The smallest absolute Gasteiger partial charge is 0.230 e. The number of carbonyl (C=O) groups excluding carboxylic acids is 1. The van der Waals surface area contributed by atoms with Gasteiger partial charge in [-0.15, -0.1) is 0 Å². The van der Waals surface area contributed by atoms with Gasteiger partial charge in [0.05, 0.1) is 12.0 Å². The van der Waals surface area contributed by atoms with Gasteiger partial charge in [-0.2, -0.15) is 0 Å². The van der Waals surface area contributed by atoms with Crippen LogP contribution in [-0.4, -0.2) is 21.9 Å². The van der Waals surface area contributed by atoms with E-state index in [4.69, 9.17) is 0 Å². The maximum absolute atomic E-state index is 13.0. The third kappa shape index (κ3) is 1.90. The number of H-pyrrole nitrogens is 1. The van der Waals surface area contributed by atoms with E-state index in [-0.39, 0.29) is 11.8 Å². The summed E-state index contributed by atoms with van der Waals surface area (Å²) in [6.45, 7) is 4.26. The van der Waals surface area contributed by atoms with Crippen molar-refractivity contribution < 1.29 is 4.79 Å². The number of hydrogen-bond donors (Lipinski definition) is 1. The number of imidazole rings is 1. The number of aromatic nitrogens is 2. The molecule has 3 unspecified atom stereocenters. The van der Waals surface area contributed by atoms with E-state index in [0.29, 0.717) is 12.0 Å². The minimum absolute atomic E-state index is 0.0524. The molecule has 0 radical (unpaired) electrons. The highest BCUT2D eigenvalue weighted by atomic mass is 16.2. The maximum Gasteiger partial charge on any atom is 0.230 e. The second-order valence-electron chi connectivity index (χ2n) is 6.58. The molecule has 114 valence electrons. The molecule has 0 saturated carbocycles. The number of anilines is 1. The topological polar surface area (TPSA) is 49.0 Å². The molecule has 3 heterocycles. The van der Waals surface area contributed by atoms with Crippen LogP contribution < -0.4 is 4.90 Å². The molecule has 2 aromatic rings. The quantitative estimate of drug-likeness (QED) is 0.925. The minimum Gasteiger partial charge on any atom is -0.348 e. The monoisotopic (exact) mass is 295 g/mol. The summed E-state index contributed by atoms with van der Waals surface area (Å²) in [6, 6.07) is 8.69. The summed E-state index contributed by atoms with van der Waals surface area (Å²) in [4.78, 5) is 22.6. The summed E-state index contributed by atoms with van der Waals surface area (Å²) >= 11 is 0. The first-order valence-corrected chi connectivity index (χ1v) is 8.07. The third-order valence-electron chi connectivity index (χ3n) is 5.37. The number of aromatic amines is 1. The number of para-hydroxylation sites is 1. The zero-order chi connectivity index (χ0) is 15.3. The number of nitrogens with one attached hydrogen (secondary N) is 1. The van der Waals surface area contributed by atoms with Crippen molar-refractivity contribution in [2.24, 2.45) is 5.92 Å². The number of benzene rings is 1. The van der Waals surface area contributed by atoms with Gasteiger partial charge in [-0.3, -0.25) is 4.79 Å². The second kappa shape index (κ2) is 4.97. The largest absolute Gasteiger partial charge is 0.348 e. The highest BCUT2D eigenvalue weighted by Gasteiger charge is 2.44. The molecule has 0 aliphatic carbocycles. The number of fused-ring (bicyclic) bond motifs is 3. The summed E-state index contributed by atoms with van der Waals surface area (Å²) in [5.41, 5.74) is 4.54. The fourth-order valence-electron chi connectivity index (χ4n) is 4.07. The predicted octanol–water partition coefficient (Wildman–Crippen LogP) is 3.19. The zero-order valence-electron chi connectivity index (χ0n) is 13.0. The van der Waals surface area contributed by atoms with E-state index in [9.17, 15) is 4.79 Å². The molecule has 4 heteroatoms. The molecule has 1 aromatic heterocycles. The normalized spacial score (nSPS) is 26.9. The van der Waals surface area contributed by atoms with Crippen molar-refractivity contribution in [1.29, 1.82) is 0 Å². The summed E-state index contributed by atoms with van der Waals surface area (Å²) < 4.78 is 0. The number of nitrogens with zero attached hydrogens (tertiary/aromatic N) is 2. The lowest BCUT2D eigenvalue weighted by atomic mass is 9.85. The lowest BCUT2D eigenvalue weighted by Gasteiger charge is -2.36. The van der Waals surface area contributed by atoms with E-state index in [1.807, 2.05) is 13.0 Å². The second-order valence-corrected chi connectivity index (χ2v) is 6.58. The molecule has 0 spiro atoms. The van der Waals surface area contributed by atoms with Gasteiger partial charge in [0.1, 0.15) is 0 Å². The molecule has 1 saturated heterocycles. The molecule has 3 atom stereocenters. The molecule has 1 aromatic carbocycles. The number of rotatable bonds is 2. The fourth-order valence-corrected chi connectivity index (χ4v) is 4.07. The van der Waals surface area contributed by atoms with Gasteiger partial charge in [0.25, 0.3) is 0 Å². The molecular weight excluding hydrogens is 274 g/mol. The average Bonchev–Trinajstić information content (AvgIpc) is 3.05. The summed E-state index contributed by atoms with van der Waals surface area (Å²) in [6.07, 6.45) is 4.50. The Hall–Kier alpha value is -2.10. The van der Waals surface area contributed by atoms with Crippen LogP contribution in [0.3, 0.4) is 0 Å². The molecule has 4 nitrogen and oxygen atoms in total. The highest BCUT2D eigenvalue weighted by molar-refractivity contribution is 5.99. The van der Waals surface area contributed by atoms with Gasteiger partial charge in [-0.05, 0) is 31.4 Å². The molecule has 0 bridgehead atoms. The van der Waals surface area contributed by atoms with Crippen molar-refractivity contribution in [2.45, 2.75) is 45.1 Å². The molecule has 22 heavy (non-hydrogen) atoms. The van der Waals surface area contributed by atoms with Crippen molar-refractivity contribution in [3.63, 3.8) is 0 Å². The third-order valence-corrected chi connectivity index (χ3v) is 5.37. The van der Waals surface area contributed by atoms with Crippen LogP contribution in [0.15, 0.2) is 30.6 Å². The van der Waals surface area contributed by atoms with Crippen molar-refractivity contribution in [1.82, 2.24) is 9.97 Å². The standard InChI is InChI=1S/C18H21N3O/c1-11-14-5-3-4-6-17(14)21-16(11)8-7-13(18(21)22)9-15-12(2)19-10-20-15/h3-6,10-11,13,16H,7-9H2,1-2H3,(H,19,20). The zero-order valence-corrected chi connectivity index (χ0v) is 13.0. The Morgan fingerprint density at radius 2 is 2.14 bits per heavy atom. The van der Waals surface area contributed by atoms with Gasteiger partial charge in [-0.25, -0.2) is 4.98 Å². The van der Waals surface area contributed by atoms with Crippen molar-refractivity contribution in [3.8, 4) is 0 Å². The Labute approximate surface area is 130 Å². The lowest BCUT2D eigenvalue weighted by Crippen LogP contribution is -2.47. The summed E-state index contributed by atoms with van der Waals surface area (Å²) in [5, 5.41) is 0. The van der Waals surface area contributed by atoms with Crippen LogP contribution in [0.4, 0.5) is 5.69 Å². The van der Waals surface area contributed by atoms with Crippen molar-refractivity contribution >= 4 is 11.6 Å². The Balaban J connectivity index is 1.64. The van der Waals surface area contributed by atoms with E-state index < -0.39 is 0 Å².